The lowest BCUT2D eigenvalue weighted by Crippen LogP contribution is -2.38. The Bertz CT molecular complexity index is 495. The molecule has 0 atom stereocenters. The van der Waals surface area contributed by atoms with Crippen molar-refractivity contribution >= 4 is 29.1 Å². The number of carbonyl (C=O) groups excluding carboxylic acids is 1. The summed E-state index contributed by atoms with van der Waals surface area (Å²) in [5.41, 5.74) is 0. The quantitative estimate of drug-likeness (QED) is 0.641. The molecule has 0 aromatic heterocycles. The zero-order valence-electron chi connectivity index (χ0n) is 14.1. The van der Waals surface area contributed by atoms with Crippen molar-refractivity contribution in [3.63, 3.8) is 0 Å². The number of amides is 1. The number of rotatable bonds is 10. The van der Waals surface area contributed by atoms with E-state index in [2.05, 4.69) is 31.0 Å². The molecule has 1 aromatic carbocycles. The van der Waals surface area contributed by atoms with Gasteiger partial charge in [0.25, 0.3) is 0 Å². The fraction of sp³-hybridized carbons (Fsp3) is 0.588. The normalized spacial score (nSPS) is 11.1. The van der Waals surface area contributed by atoms with Crippen LogP contribution in [0.2, 0.25) is 10.0 Å². The molecule has 0 aliphatic heterocycles. The number of halogens is 2. The number of carbonyl (C=O) groups is 1. The number of nitrogens with zero attached hydrogens (tertiary/aromatic N) is 1. The molecule has 0 heterocycles. The van der Waals surface area contributed by atoms with Crippen molar-refractivity contribution in [2.24, 2.45) is 0 Å². The van der Waals surface area contributed by atoms with Crippen molar-refractivity contribution in [2.75, 3.05) is 26.2 Å². The molecule has 0 aliphatic rings. The number of likely N-dealkylation sites (N-methyl/N-ethyl adjacent to an activating group) is 1. The zero-order chi connectivity index (χ0) is 17.2. The van der Waals surface area contributed by atoms with Crippen LogP contribution >= 0.6 is 23.2 Å². The molecule has 6 heteroatoms. The van der Waals surface area contributed by atoms with Crippen molar-refractivity contribution in [3.8, 4) is 5.75 Å². The van der Waals surface area contributed by atoms with Crippen LogP contribution in [-0.4, -0.2) is 43.1 Å². The molecular weight excluding hydrogens is 335 g/mol. The van der Waals surface area contributed by atoms with E-state index in [9.17, 15) is 4.79 Å². The fourth-order valence-electron chi connectivity index (χ4n) is 2.22. The van der Waals surface area contributed by atoms with Crippen LogP contribution in [0.4, 0.5) is 0 Å². The number of nitrogens with one attached hydrogen (secondary N) is 1. The second-order valence-electron chi connectivity index (χ2n) is 5.58. The molecule has 0 saturated heterocycles. The minimum absolute atomic E-state index is 0.0469. The molecule has 4 nitrogen and oxygen atoms in total. The third-order valence-corrected chi connectivity index (χ3v) is 4.38. The Labute approximate surface area is 149 Å². The highest BCUT2D eigenvalue weighted by atomic mass is 35.5. The number of hydrogen-bond acceptors (Lipinski definition) is 3. The summed E-state index contributed by atoms with van der Waals surface area (Å²) in [7, 11) is 0. The van der Waals surface area contributed by atoms with Crippen LogP contribution in [0.5, 0.6) is 5.75 Å². The smallest absolute Gasteiger partial charge is 0.220 e. The second kappa shape index (κ2) is 10.7. The Balaban J connectivity index is 2.18. The first-order valence-corrected chi connectivity index (χ1v) is 8.78. The first-order valence-electron chi connectivity index (χ1n) is 8.03. The van der Waals surface area contributed by atoms with Crippen LogP contribution in [0, 0.1) is 0 Å². The molecule has 23 heavy (non-hydrogen) atoms. The standard InChI is InChI=1S/C17H26Cl2N2O2/c1-4-21(13(2)3)11-10-20-16(22)9-6-12-23-15-8-5-7-14(18)17(15)19/h5,7-8,13H,4,6,9-12H2,1-3H3,(H,20,22). The average molecular weight is 361 g/mol. The van der Waals surface area contributed by atoms with Crippen LogP contribution in [0.1, 0.15) is 33.6 Å². The topological polar surface area (TPSA) is 41.6 Å². The molecule has 1 aromatic rings. The van der Waals surface area contributed by atoms with Crippen molar-refractivity contribution in [2.45, 2.75) is 39.7 Å². The van der Waals surface area contributed by atoms with Crippen molar-refractivity contribution in [3.05, 3.63) is 28.2 Å². The molecule has 0 fully saturated rings. The summed E-state index contributed by atoms with van der Waals surface area (Å²) in [4.78, 5) is 14.1. The van der Waals surface area contributed by atoms with Crippen LogP contribution in [0.25, 0.3) is 0 Å². The zero-order valence-corrected chi connectivity index (χ0v) is 15.6. The van der Waals surface area contributed by atoms with Gasteiger partial charge >= 0.3 is 0 Å². The molecule has 0 spiro atoms. The molecule has 1 amide bonds. The monoisotopic (exact) mass is 360 g/mol. The molecule has 0 bridgehead atoms. The van der Waals surface area contributed by atoms with Gasteiger partial charge in [-0.25, -0.2) is 0 Å². The Morgan fingerprint density at radius 3 is 2.74 bits per heavy atom. The maximum Gasteiger partial charge on any atom is 0.220 e. The van der Waals surface area contributed by atoms with Crippen molar-refractivity contribution < 1.29 is 9.53 Å². The van der Waals surface area contributed by atoms with Gasteiger partial charge in [0.1, 0.15) is 10.8 Å². The van der Waals surface area contributed by atoms with Gasteiger partial charge < -0.3 is 10.1 Å². The molecule has 1 N–H and O–H groups in total. The maximum absolute atomic E-state index is 11.8. The third kappa shape index (κ3) is 7.42. The average Bonchev–Trinajstić information content (AvgIpc) is 2.51. The van der Waals surface area contributed by atoms with E-state index < -0.39 is 0 Å². The summed E-state index contributed by atoms with van der Waals surface area (Å²) < 4.78 is 5.55. The lowest BCUT2D eigenvalue weighted by Gasteiger charge is -2.24. The van der Waals surface area contributed by atoms with Crippen LogP contribution in [0.15, 0.2) is 18.2 Å². The highest BCUT2D eigenvalue weighted by molar-refractivity contribution is 6.42. The molecule has 130 valence electrons. The van der Waals surface area contributed by atoms with Crippen LogP contribution in [0.3, 0.4) is 0 Å². The Morgan fingerprint density at radius 2 is 2.09 bits per heavy atom. The van der Waals surface area contributed by atoms with Gasteiger partial charge in [0, 0.05) is 25.6 Å². The molecular formula is C17H26Cl2N2O2. The molecule has 0 unspecified atom stereocenters. The summed E-state index contributed by atoms with van der Waals surface area (Å²) >= 11 is 11.9. The summed E-state index contributed by atoms with van der Waals surface area (Å²) in [6.45, 7) is 9.40. The first-order chi connectivity index (χ1) is 11.0. The minimum Gasteiger partial charge on any atom is -0.492 e. The first kappa shape index (κ1) is 20.1. The van der Waals surface area contributed by atoms with E-state index in [0.29, 0.717) is 47.8 Å². The van der Waals surface area contributed by atoms with Gasteiger partial charge in [0.05, 0.1) is 11.6 Å². The lowest BCUT2D eigenvalue weighted by molar-refractivity contribution is -0.121. The number of hydrogen-bond donors (Lipinski definition) is 1. The summed E-state index contributed by atoms with van der Waals surface area (Å²) in [6, 6.07) is 5.75. The van der Waals surface area contributed by atoms with E-state index in [4.69, 9.17) is 27.9 Å². The van der Waals surface area contributed by atoms with Gasteiger partial charge in [-0.2, -0.15) is 0 Å². The summed E-state index contributed by atoms with van der Waals surface area (Å²) in [6.07, 6.45) is 1.07. The van der Waals surface area contributed by atoms with E-state index in [1.54, 1.807) is 18.2 Å². The largest absolute Gasteiger partial charge is 0.492 e. The van der Waals surface area contributed by atoms with Crippen LogP contribution in [-0.2, 0) is 4.79 Å². The van der Waals surface area contributed by atoms with Gasteiger partial charge in [-0.3, -0.25) is 9.69 Å². The Morgan fingerprint density at radius 1 is 1.35 bits per heavy atom. The van der Waals surface area contributed by atoms with Gasteiger partial charge in [-0.05, 0) is 38.9 Å². The van der Waals surface area contributed by atoms with Gasteiger partial charge in [0.15, 0.2) is 0 Å². The summed E-state index contributed by atoms with van der Waals surface area (Å²) in [5.74, 6) is 0.598. The molecule has 0 saturated carbocycles. The SMILES string of the molecule is CCN(CCNC(=O)CCCOc1cccc(Cl)c1Cl)C(C)C. The predicted octanol–water partition coefficient (Wildman–Crippen LogP) is 4.00. The van der Waals surface area contributed by atoms with Crippen molar-refractivity contribution in [1.29, 1.82) is 0 Å². The highest BCUT2D eigenvalue weighted by Crippen LogP contribution is 2.31. The molecule has 1 rings (SSSR count). The molecule has 0 radical (unpaired) electrons. The van der Waals surface area contributed by atoms with Gasteiger partial charge in [-0.15, -0.1) is 0 Å². The summed E-state index contributed by atoms with van der Waals surface area (Å²) in [5, 5.41) is 3.81. The predicted molar refractivity (Wildman–Crippen MR) is 96.6 cm³/mol. The molecule has 0 aliphatic carbocycles. The Hall–Kier alpha value is -0.970. The lowest BCUT2D eigenvalue weighted by atomic mass is 10.3. The number of benzene rings is 1. The fourth-order valence-corrected chi connectivity index (χ4v) is 2.57. The minimum atomic E-state index is 0.0469. The van der Waals surface area contributed by atoms with Crippen molar-refractivity contribution in [1.82, 2.24) is 10.2 Å². The highest BCUT2D eigenvalue weighted by Gasteiger charge is 2.08. The second-order valence-corrected chi connectivity index (χ2v) is 6.36. The maximum atomic E-state index is 11.8. The van der Waals surface area contributed by atoms with E-state index in [-0.39, 0.29) is 5.91 Å². The van der Waals surface area contributed by atoms with E-state index in [1.807, 2.05) is 0 Å². The van der Waals surface area contributed by atoms with Gasteiger partial charge in [0.2, 0.25) is 5.91 Å². The van der Waals surface area contributed by atoms with E-state index >= 15 is 0 Å². The van der Waals surface area contributed by atoms with E-state index in [0.717, 1.165) is 13.1 Å². The number of ether oxygens (including phenoxy) is 1. The van der Waals surface area contributed by atoms with Crippen LogP contribution < -0.4 is 10.1 Å². The third-order valence-electron chi connectivity index (χ3n) is 3.58. The Kier molecular flexibility index (Phi) is 9.37. The van der Waals surface area contributed by atoms with E-state index in [1.165, 1.54) is 0 Å². The van der Waals surface area contributed by atoms with Gasteiger partial charge in [-0.1, -0.05) is 36.2 Å².